The molecule has 0 unspecified atom stereocenters. The van der Waals surface area contributed by atoms with E-state index in [0.717, 1.165) is 4.47 Å². The summed E-state index contributed by atoms with van der Waals surface area (Å²) in [5.41, 5.74) is 3.70. The van der Waals surface area contributed by atoms with Crippen LogP contribution in [0, 0.1) is 0 Å². The van der Waals surface area contributed by atoms with Crippen molar-refractivity contribution in [3.8, 4) is 11.1 Å². The van der Waals surface area contributed by atoms with E-state index in [0.29, 0.717) is 6.61 Å². The Kier molecular flexibility index (Phi) is 5.31. The second kappa shape index (κ2) is 6.69. The smallest absolute Gasteiger partial charge is 0.192 e. The fourth-order valence-electron chi connectivity index (χ4n) is 1.94. The molecule has 0 aliphatic carbocycles. The number of hydrogen-bond donors (Lipinski definition) is 0. The second-order valence-corrected chi connectivity index (χ2v) is 13.0. The highest BCUT2D eigenvalue weighted by molar-refractivity contribution is 9.10. The van der Waals surface area contributed by atoms with E-state index in [4.69, 9.17) is 4.43 Å². The van der Waals surface area contributed by atoms with E-state index < -0.39 is 8.32 Å². The Morgan fingerprint density at radius 2 is 1.59 bits per heavy atom. The van der Waals surface area contributed by atoms with Crippen LogP contribution in [0.15, 0.2) is 53.0 Å². The summed E-state index contributed by atoms with van der Waals surface area (Å²) in [7, 11) is -1.68. The quantitative estimate of drug-likeness (QED) is 0.543. The fraction of sp³-hybridized carbons (Fsp3) is 0.368. The summed E-state index contributed by atoms with van der Waals surface area (Å²) in [6, 6.07) is 17.1. The minimum absolute atomic E-state index is 0.253. The van der Waals surface area contributed by atoms with Crippen LogP contribution in [0.2, 0.25) is 18.1 Å². The molecule has 0 saturated carbocycles. The normalized spacial score (nSPS) is 12.5. The number of rotatable bonds is 4. The highest BCUT2D eigenvalue weighted by atomic mass is 79.9. The first kappa shape index (κ1) is 17.5. The maximum absolute atomic E-state index is 6.28. The van der Waals surface area contributed by atoms with Gasteiger partial charge in [-0.05, 0) is 47.0 Å². The summed E-state index contributed by atoms with van der Waals surface area (Å²) in [6.07, 6.45) is 0. The maximum Gasteiger partial charge on any atom is 0.192 e. The molecule has 0 aliphatic heterocycles. The fourth-order valence-corrected chi connectivity index (χ4v) is 3.30. The van der Waals surface area contributed by atoms with Gasteiger partial charge in [0.05, 0.1) is 6.61 Å². The summed E-state index contributed by atoms with van der Waals surface area (Å²) in [6.45, 7) is 12.1. The first-order valence-electron chi connectivity index (χ1n) is 7.68. The van der Waals surface area contributed by atoms with Crippen molar-refractivity contribution in [2.75, 3.05) is 0 Å². The van der Waals surface area contributed by atoms with Gasteiger partial charge in [-0.3, -0.25) is 0 Å². The molecule has 0 fully saturated rings. The summed E-state index contributed by atoms with van der Waals surface area (Å²) in [5, 5.41) is 0.253. The third-order valence-electron chi connectivity index (χ3n) is 4.52. The lowest BCUT2D eigenvalue weighted by atomic mass is 10.0. The zero-order chi connectivity index (χ0) is 16.4. The van der Waals surface area contributed by atoms with Gasteiger partial charge in [0.2, 0.25) is 0 Å². The largest absolute Gasteiger partial charge is 0.413 e. The minimum Gasteiger partial charge on any atom is -0.413 e. The molecule has 118 valence electrons. The zero-order valence-electron chi connectivity index (χ0n) is 14.1. The van der Waals surface area contributed by atoms with Crippen molar-refractivity contribution in [1.82, 2.24) is 0 Å². The Labute approximate surface area is 144 Å². The molecule has 0 bridgehead atoms. The van der Waals surface area contributed by atoms with E-state index in [1.165, 1.54) is 16.7 Å². The molecule has 0 saturated heterocycles. The van der Waals surface area contributed by atoms with Crippen molar-refractivity contribution in [1.29, 1.82) is 0 Å². The van der Waals surface area contributed by atoms with Crippen LogP contribution >= 0.6 is 15.9 Å². The molecule has 1 nitrogen and oxygen atoms in total. The Morgan fingerprint density at radius 1 is 0.955 bits per heavy atom. The predicted molar refractivity (Wildman–Crippen MR) is 102 cm³/mol. The zero-order valence-corrected chi connectivity index (χ0v) is 16.7. The van der Waals surface area contributed by atoms with Gasteiger partial charge in [0.25, 0.3) is 0 Å². The van der Waals surface area contributed by atoms with Gasteiger partial charge >= 0.3 is 0 Å². The van der Waals surface area contributed by atoms with Gasteiger partial charge in [-0.25, -0.2) is 0 Å². The van der Waals surface area contributed by atoms with Crippen molar-refractivity contribution in [3.05, 3.63) is 58.6 Å². The van der Waals surface area contributed by atoms with Crippen molar-refractivity contribution < 1.29 is 4.43 Å². The molecule has 0 N–H and O–H groups in total. The van der Waals surface area contributed by atoms with Crippen molar-refractivity contribution >= 4 is 24.2 Å². The molecule has 0 radical (unpaired) electrons. The number of benzene rings is 2. The van der Waals surface area contributed by atoms with Gasteiger partial charge in [0, 0.05) is 4.47 Å². The van der Waals surface area contributed by atoms with Crippen LogP contribution in [0.25, 0.3) is 11.1 Å². The second-order valence-electron chi connectivity index (χ2n) is 7.26. The monoisotopic (exact) mass is 376 g/mol. The van der Waals surface area contributed by atoms with Gasteiger partial charge in [-0.2, -0.15) is 0 Å². The van der Waals surface area contributed by atoms with Crippen molar-refractivity contribution in [3.63, 3.8) is 0 Å². The summed E-state index contributed by atoms with van der Waals surface area (Å²) in [4.78, 5) is 0. The molecule has 2 rings (SSSR count). The molecule has 0 atom stereocenters. The Bertz CT molecular complexity index is 627. The third kappa shape index (κ3) is 4.31. The van der Waals surface area contributed by atoms with E-state index in [9.17, 15) is 0 Å². The first-order chi connectivity index (χ1) is 10.2. The van der Waals surface area contributed by atoms with E-state index in [2.05, 4.69) is 92.3 Å². The minimum atomic E-state index is -1.68. The Balaban J connectivity index is 2.07. The molecule has 3 heteroatoms. The van der Waals surface area contributed by atoms with Crippen LogP contribution in [0.1, 0.15) is 26.3 Å². The van der Waals surface area contributed by atoms with Crippen molar-refractivity contribution in [2.45, 2.75) is 45.5 Å². The van der Waals surface area contributed by atoms with Gasteiger partial charge < -0.3 is 4.43 Å². The van der Waals surface area contributed by atoms with Gasteiger partial charge in [0.15, 0.2) is 8.32 Å². The van der Waals surface area contributed by atoms with E-state index in [1.807, 2.05) is 6.07 Å². The van der Waals surface area contributed by atoms with E-state index >= 15 is 0 Å². The highest BCUT2D eigenvalue weighted by Crippen LogP contribution is 2.37. The Hall–Kier alpha value is -0.903. The maximum atomic E-state index is 6.28. The standard InChI is InChI=1S/C19H25BrOSi/c1-19(2,3)22(4,5)21-14-15-9-11-16(12-10-15)17-7-6-8-18(20)13-17/h6-13H,14H2,1-5H3. The molecule has 0 aliphatic rings. The molecular formula is C19H25BrOSi. The SMILES string of the molecule is CC(C)(C)[Si](C)(C)OCc1ccc(-c2cccc(Br)c2)cc1. The van der Waals surface area contributed by atoms with Crippen LogP contribution < -0.4 is 0 Å². The molecule has 2 aromatic rings. The highest BCUT2D eigenvalue weighted by Gasteiger charge is 2.36. The van der Waals surface area contributed by atoms with Crippen LogP contribution in [0.4, 0.5) is 0 Å². The molecular weight excluding hydrogens is 352 g/mol. The lowest BCUT2D eigenvalue weighted by Crippen LogP contribution is -2.40. The topological polar surface area (TPSA) is 9.23 Å². The lowest BCUT2D eigenvalue weighted by Gasteiger charge is -2.36. The van der Waals surface area contributed by atoms with E-state index in [-0.39, 0.29) is 5.04 Å². The molecule has 0 spiro atoms. The van der Waals surface area contributed by atoms with Gasteiger partial charge in [-0.1, -0.05) is 73.1 Å². The summed E-state index contributed by atoms with van der Waals surface area (Å²) < 4.78 is 7.38. The molecule has 2 aromatic carbocycles. The molecule has 22 heavy (non-hydrogen) atoms. The van der Waals surface area contributed by atoms with Gasteiger partial charge in [0.1, 0.15) is 0 Å². The van der Waals surface area contributed by atoms with Gasteiger partial charge in [-0.15, -0.1) is 0 Å². The van der Waals surface area contributed by atoms with Crippen LogP contribution in [-0.4, -0.2) is 8.32 Å². The first-order valence-corrected chi connectivity index (χ1v) is 11.4. The molecule has 0 heterocycles. The van der Waals surface area contributed by atoms with E-state index in [1.54, 1.807) is 0 Å². The average Bonchev–Trinajstić information content (AvgIpc) is 2.44. The molecule has 0 amide bonds. The van der Waals surface area contributed by atoms with Crippen molar-refractivity contribution in [2.24, 2.45) is 0 Å². The number of halogens is 1. The third-order valence-corrected chi connectivity index (χ3v) is 9.49. The lowest BCUT2D eigenvalue weighted by molar-refractivity contribution is 0.276. The van der Waals surface area contributed by atoms with Crippen LogP contribution in [0.5, 0.6) is 0 Å². The average molecular weight is 377 g/mol. The number of hydrogen-bond acceptors (Lipinski definition) is 1. The predicted octanol–water partition coefficient (Wildman–Crippen LogP) is 6.64. The summed E-state index contributed by atoms with van der Waals surface area (Å²) in [5.74, 6) is 0. The summed E-state index contributed by atoms with van der Waals surface area (Å²) >= 11 is 3.52. The Morgan fingerprint density at radius 3 is 2.14 bits per heavy atom. The van der Waals surface area contributed by atoms with Crippen LogP contribution in [-0.2, 0) is 11.0 Å². The van der Waals surface area contributed by atoms with Crippen LogP contribution in [0.3, 0.4) is 0 Å². The molecule has 0 aromatic heterocycles.